The fourth-order valence-electron chi connectivity index (χ4n) is 1.95. The Morgan fingerprint density at radius 2 is 1.87 bits per heavy atom. The van der Waals surface area contributed by atoms with Crippen LogP contribution in [0.3, 0.4) is 0 Å². The van der Waals surface area contributed by atoms with Gasteiger partial charge in [-0.2, -0.15) is 0 Å². The van der Waals surface area contributed by atoms with Gasteiger partial charge in [-0.25, -0.2) is 4.39 Å². The highest BCUT2D eigenvalue weighted by atomic mass is 35.5. The highest BCUT2D eigenvalue weighted by Gasteiger charge is 2.14. The molecular weight excluding hydrogens is 319 g/mol. The molecule has 4 nitrogen and oxygen atoms in total. The maximum absolute atomic E-state index is 13.8. The summed E-state index contributed by atoms with van der Waals surface area (Å²) in [4.78, 5) is 23.7. The summed E-state index contributed by atoms with van der Waals surface area (Å²) in [6.45, 7) is 3.50. The number of rotatable bonds is 4. The highest BCUT2D eigenvalue weighted by molar-refractivity contribution is 6.34. The molecule has 2 amide bonds. The van der Waals surface area contributed by atoms with Gasteiger partial charge in [0.15, 0.2) is 0 Å². The largest absolute Gasteiger partial charge is 0.326 e. The number of carbonyl (C=O) groups is 2. The van der Waals surface area contributed by atoms with Crippen LogP contribution in [0.15, 0.2) is 36.4 Å². The molecule has 0 aliphatic carbocycles. The first-order valence-corrected chi connectivity index (χ1v) is 7.45. The van der Waals surface area contributed by atoms with E-state index in [0.29, 0.717) is 22.8 Å². The van der Waals surface area contributed by atoms with Crippen LogP contribution in [0.5, 0.6) is 0 Å². The first kappa shape index (κ1) is 17.0. The van der Waals surface area contributed by atoms with E-state index in [4.69, 9.17) is 11.6 Å². The van der Waals surface area contributed by atoms with Crippen LogP contribution in [0.25, 0.3) is 0 Å². The smallest absolute Gasteiger partial charge is 0.258 e. The van der Waals surface area contributed by atoms with E-state index < -0.39 is 11.7 Å². The number of benzene rings is 2. The zero-order chi connectivity index (χ0) is 17.0. The summed E-state index contributed by atoms with van der Waals surface area (Å²) in [6.07, 6.45) is 0.332. The van der Waals surface area contributed by atoms with Gasteiger partial charge in [-0.15, -0.1) is 0 Å². The third-order valence-electron chi connectivity index (χ3n) is 3.19. The van der Waals surface area contributed by atoms with Gasteiger partial charge in [-0.3, -0.25) is 9.59 Å². The molecule has 0 spiro atoms. The molecule has 0 bridgehead atoms. The molecule has 0 saturated heterocycles. The Morgan fingerprint density at radius 1 is 1.13 bits per heavy atom. The fourth-order valence-corrected chi connectivity index (χ4v) is 2.12. The van der Waals surface area contributed by atoms with Crippen molar-refractivity contribution in [2.75, 3.05) is 10.6 Å². The molecule has 0 atom stereocenters. The molecular formula is C17H16ClFN2O2. The zero-order valence-electron chi connectivity index (χ0n) is 12.7. The third kappa shape index (κ3) is 4.29. The maximum atomic E-state index is 13.8. The van der Waals surface area contributed by atoms with Crippen molar-refractivity contribution in [3.05, 3.63) is 58.4 Å². The van der Waals surface area contributed by atoms with E-state index in [-0.39, 0.29) is 11.5 Å². The van der Waals surface area contributed by atoms with Crippen molar-refractivity contribution in [1.82, 2.24) is 0 Å². The number of aryl methyl sites for hydroxylation is 1. The molecule has 2 rings (SSSR count). The lowest BCUT2D eigenvalue weighted by molar-refractivity contribution is -0.115. The van der Waals surface area contributed by atoms with Crippen LogP contribution in [0, 0.1) is 12.7 Å². The molecule has 0 aliphatic heterocycles. The number of amides is 2. The first-order chi connectivity index (χ1) is 10.9. The van der Waals surface area contributed by atoms with Crippen molar-refractivity contribution < 1.29 is 14.0 Å². The first-order valence-electron chi connectivity index (χ1n) is 7.07. The molecule has 0 fully saturated rings. The van der Waals surface area contributed by atoms with Gasteiger partial charge in [0.1, 0.15) is 5.82 Å². The quantitative estimate of drug-likeness (QED) is 0.871. The van der Waals surface area contributed by atoms with Gasteiger partial charge in [0.05, 0.1) is 16.3 Å². The summed E-state index contributed by atoms with van der Waals surface area (Å²) >= 11 is 6.05. The van der Waals surface area contributed by atoms with E-state index in [2.05, 4.69) is 10.6 Å². The lowest BCUT2D eigenvalue weighted by atomic mass is 10.1. The van der Waals surface area contributed by atoms with Crippen molar-refractivity contribution in [1.29, 1.82) is 0 Å². The summed E-state index contributed by atoms with van der Waals surface area (Å²) in [6, 6.07) is 8.99. The van der Waals surface area contributed by atoms with Crippen molar-refractivity contribution in [3.63, 3.8) is 0 Å². The third-order valence-corrected chi connectivity index (χ3v) is 3.52. The maximum Gasteiger partial charge on any atom is 0.258 e. The van der Waals surface area contributed by atoms with Gasteiger partial charge in [-0.1, -0.05) is 30.2 Å². The van der Waals surface area contributed by atoms with Crippen LogP contribution in [0.2, 0.25) is 5.02 Å². The Bertz CT molecular complexity index is 762. The lowest BCUT2D eigenvalue weighted by Gasteiger charge is -2.11. The molecule has 0 aliphatic rings. The minimum absolute atomic E-state index is 0.0657. The van der Waals surface area contributed by atoms with Crippen LogP contribution in [-0.2, 0) is 4.79 Å². The zero-order valence-corrected chi connectivity index (χ0v) is 13.5. The van der Waals surface area contributed by atoms with Gasteiger partial charge in [0.25, 0.3) is 5.91 Å². The molecule has 0 unspecified atom stereocenters. The van der Waals surface area contributed by atoms with Crippen molar-refractivity contribution >= 4 is 34.8 Å². The van der Waals surface area contributed by atoms with E-state index in [9.17, 15) is 14.0 Å². The molecule has 23 heavy (non-hydrogen) atoms. The average Bonchev–Trinajstić information content (AvgIpc) is 2.52. The van der Waals surface area contributed by atoms with Crippen LogP contribution in [0.1, 0.15) is 29.3 Å². The molecule has 2 aromatic carbocycles. The Hall–Kier alpha value is -2.40. The van der Waals surface area contributed by atoms with Gasteiger partial charge in [0.2, 0.25) is 5.91 Å². The second kappa shape index (κ2) is 7.24. The average molecular weight is 335 g/mol. The molecule has 0 radical (unpaired) electrons. The topological polar surface area (TPSA) is 58.2 Å². The number of hydrogen-bond acceptors (Lipinski definition) is 2. The van der Waals surface area contributed by atoms with Crippen molar-refractivity contribution in [2.24, 2.45) is 0 Å². The van der Waals surface area contributed by atoms with Gasteiger partial charge in [-0.05, 0) is 37.3 Å². The number of halogens is 2. The summed E-state index contributed by atoms with van der Waals surface area (Å²) in [5, 5.41) is 5.53. The molecule has 0 heterocycles. The molecule has 0 aromatic heterocycles. The van der Waals surface area contributed by atoms with E-state index in [1.165, 1.54) is 18.2 Å². The molecule has 0 saturated carbocycles. The van der Waals surface area contributed by atoms with Crippen LogP contribution in [-0.4, -0.2) is 11.8 Å². The van der Waals surface area contributed by atoms with Crippen molar-refractivity contribution in [2.45, 2.75) is 20.3 Å². The van der Waals surface area contributed by atoms with E-state index in [0.717, 1.165) is 5.56 Å². The predicted octanol–water partition coefficient (Wildman–Crippen LogP) is 4.39. The number of nitrogens with one attached hydrogen (secondary N) is 2. The second-order valence-corrected chi connectivity index (χ2v) is 5.44. The van der Waals surface area contributed by atoms with Crippen LogP contribution < -0.4 is 10.6 Å². The summed E-state index contributed by atoms with van der Waals surface area (Å²) in [7, 11) is 0. The summed E-state index contributed by atoms with van der Waals surface area (Å²) in [5.74, 6) is -1.37. The van der Waals surface area contributed by atoms with E-state index >= 15 is 0 Å². The lowest BCUT2D eigenvalue weighted by Crippen LogP contribution is -2.15. The van der Waals surface area contributed by atoms with Crippen LogP contribution in [0.4, 0.5) is 15.8 Å². The Labute approximate surface area is 138 Å². The van der Waals surface area contributed by atoms with E-state index in [1.54, 1.807) is 32.0 Å². The van der Waals surface area contributed by atoms with Gasteiger partial charge in [0, 0.05) is 12.1 Å². The molecule has 120 valence electrons. The van der Waals surface area contributed by atoms with Crippen molar-refractivity contribution in [3.8, 4) is 0 Å². The molecule has 2 aromatic rings. The SMILES string of the molecule is CCC(=O)Nc1ccc(Cl)c(NC(=O)c2cc(C)ccc2F)c1. The monoisotopic (exact) mass is 334 g/mol. The summed E-state index contributed by atoms with van der Waals surface area (Å²) in [5.41, 5.74) is 1.50. The van der Waals surface area contributed by atoms with E-state index in [1.807, 2.05) is 0 Å². The Kier molecular flexibility index (Phi) is 5.34. The highest BCUT2D eigenvalue weighted by Crippen LogP contribution is 2.26. The standard InChI is InChI=1S/C17H16ClFN2O2/c1-3-16(22)20-11-5-6-13(18)15(9-11)21-17(23)12-8-10(2)4-7-14(12)19/h4-9H,3H2,1-2H3,(H,20,22)(H,21,23). The fraction of sp³-hybridized carbons (Fsp3) is 0.176. The Balaban J connectivity index is 2.25. The number of anilines is 2. The number of carbonyl (C=O) groups excluding carboxylic acids is 2. The van der Waals surface area contributed by atoms with Crippen LogP contribution >= 0.6 is 11.6 Å². The summed E-state index contributed by atoms with van der Waals surface area (Å²) < 4.78 is 13.8. The number of hydrogen-bond donors (Lipinski definition) is 2. The molecule has 6 heteroatoms. The normalized spacial score (nSPS) is 10.3. The minimum atomic E-state index is -0.611. The Morgan fingerprint density at radius 3 is 2.57 bits per heavy atom. The molecule has 2 N–H and O–H groups in total. The second-order valence-electron chi connectivity index (χ2n) is 5.03. The van der Waals surface area contributed by atoms with Gasteiger partial charge >= 0.3 is 0 Å². The minimum Gasteiger partial charge on any atom is -0.326 e. The predicted molar refractivity (Wildman–Crippen MR) is 89.5 cm³/mol. The van der Waals surface area contributed by atoms with Gasteiger partial charge < -0.3 is 10.6 Å².